The first kappa shape index (κ1) is 13.1. The van der Waals surface area contributed by atoms with Gasteiger partial charge in [-0.15, -0.1) is 0 Å². The van der Waals surface area contributed by atoms with Gasteiger partial charge in [-0.05, 0) is 19.9 Å². The fourth-order valence-corrected chi connectivity index (χ4v) is 1.69. The molecule has 0 spiro atoms. The Bertz CT molecular complexity index is 570. The third-order valence-corrected chi connectivity index (χ3v) is 2.65. The van der Waals surface area contributed by atoms with E-state index in [2.05, 4.69) is 19.9 Å². The van der Waals surface area contributed by atoms with Crippen LogP contribution in [0.15, 0.2) is 18.5 Å². The number of hydrogen-bond acceptors (Lipinski definition) is 6. The fraction of sp³-hybridized carbons (Fsp3) is 0.333. The Labute approximate surface area is 110 Å². The topological polar surface area (TPSA) is 80.8 Å². The van der Waals surface area contributed by atoms with Crippen LogP contribution in [0.1, 0.15) is 13.8 Å². The summed E-state index contributed by atoms with van der Waals surface area (Å²) in [5.41, 5.74) is 6.15. The monoisotopic (exact) mass is 262 g/mol. The number of halogens is 1. The standard InChI is InChI=1S/C12H15FN6/c1-3-19(4-2)12-17-10(16-11(14)18-12)8-5-9(13)7-15-6-8/h5-7H,3-4H2,1-2H3,(H2,14,16,17,18). The van der Waals surface area contributed by atoms with Gasteiger partial charge in [-0.25, -0.2) is 4.39 Å². The average Bonchev–Trinajstić information content (AvgIpc) is 2.39. The number of nitrogens with zero attached hydrogens (tertiary/aromatic N) is 5. The molecule has 0 radical (unpaired) electrons. The van der Waals surface area contributed by atoms with Crippen molar-refractivity contribution in [1.82, 2.24) is 19.9 Å². The number of nitrogen functional groups attached to an aromatic ring is 1. The predicted octanol–water partition coefficient (Wildman–Crippen LogP) is 1.50. The Hall–Kier alpha value is -2.31. The minimum atomic E-state index is -0.444. The quantitative estimate of drug-likeness (QED) is 0.899. The van der Waals surface area contributed by atoms with Gasteiger partial charge in [0.25, 0.3) is 0 Å². The Morgan fingerprint density at radius 2 is 1.89 bits per heavy atom. The fourth-order valence-electron chi connectivity index (χ4n) is 1.69. The van der Waals surface area contributed by atoms with Crippen molar-refractivity contribution in [2.75, 3.05) is 23.7 Å². The number of pyridine rings is 1. The second-order valence-corrected chi connectivity index (χ2v) is 3.88. The molecule has 2 aromatic heterocycles. The second kappa shape index (κ2) is 5.55. The first-order valence-corrected chi connectivity index (χ1v) is 6.01. The van der Waals surface area contributed by atoms with E-state index in [1.54, 1.807) is 0 Å². The smallest absolute Gasteiger partial charge is 0.230 e. The number of anilines is 2. The predicted molar refractivity (Wildman–Crippen MR) is 71.0 cm³/mol. The average molecular weight is 262 g/mol. The molecule has 2 rings (SSSR count). The normalized spacial score (nSPS) is 10.5. The summed E-state index contributed by atoms with van der Waals surface area (Å²) < 4.78 is 13.2. The van der Waals surface area contributed by atoms with Gasteiger partial charge in [-0.2, -0.15) is 15.0 Å². The minimum absolute atomic E-state index is 0.108. The zero-order valence-corrected chi connectivity index (χ0v) is 10.8. The molecule has 7 heteroatoms. The van der Waals surface area contributed by atoms with E-state index in [1.165, 1.54) is 12.3 Å². The lowest BCUT2D eigenvalue weighted by Crippen LogP contribution is -2.25. The molecule has 6 nitrogen and oxygen atoms in total. The Kier molecular flexibility index (Phi) is 3.84. The van der Waals surface area contributed by atoms with Gasteiger partial charge in [0.1, 0.15) is 5.82 Å². The lowest BCUT2D eigenvalue weighted by molar-refractivity contribution is 0.621. The van der Waals surface area contributed by atoms with E-state index in [0.717, 1.165) is 19.3 Å². The van der Waals surface area contributed by atoms with Crippen molar-refractivity contribution in [3.8, 4) is 11.4 Å². The molecule has 0 aliphatic heterocycles. The molecule has 2 N–H and O–H groups in total. The van der Waals surface area contributed by atoms with Gasteiger partial charge in [-0.3, -0.25) is 4.98 Å². The van der Waals surface area contributed by atoms with Crippen LogP contribution in [0.25, 0.3) is 11.4 Å². The molecule has 0 atom stereocenters. The molecule has 2 aromatic rings. The maximum absolute atomic E-state index is 13.2. The zero-order chi connectivity index (χ0) is 13.8. The van der Waals surface area contributed by atoms with Crippen LogP contribution in [0.5, 0.6) is 0 Å². The van der Waals surface area contributed by atoms with E-state index >= 15 is 0 Å². The summed E-state index contributed by atoms with van der Waals surface area (Å²) in [6.07, 6.45) is 2.61. The van der Waals surface area contributed by atoms with Crippen LogP contribution in [0.2, 0.25) is 0 Å². The molecule has 0 saturated heterocycles. The summed E-state index contributed by atoms with van der Waals surface area (Å²) >= 11 is 0. The maximum atomic E-state index is 13.2. The van der Waals surface area contributed by atoms with Crippen LogP contribution < -0.4 is 10.6 Å². The van der Waals surface area contributed by atoms with Crippen molar-refractivity contribution in [1.29, 1.82) is 0 Å². The molecule has 0 fully saturated rings. The molecule has 0 amide bonds. The Balaban J connectivity index is 2.47. The SMILES string of the molecule is CCN(CC)c1nc(N)nc(-c2cncc(F)c2)n1. The highest BCUT2D eigenvalue weighted by Crippen LogP contribution is 2.18. The summed E-state index contributed by atoms with van der Waals surface area (Å²) in [6, 6.07) is 1.31. The van der Waals surface area contributed by atoms with Crippen molar-refractivity contribution in [3.63, 3.8) is 0 Å². The highest BCUT2D eigenvalue weighted by atomic mass is 19.1. The number of rotatable bonds is 4. The van der Waals surface area contributed by atoms with Crippen LogP contribution in [0.4, 0.5) is 16.3 Å². The molecule has 2 heterocycles. The van der Waals surface area contributed by atoms with Crippen LogP contribution in [0.3, 0.4) is 0 Å². The third-order valence-electron chi connectivity index (χ3n) is 2.65. The van der Waals surface area contributed by atoms with Gasteiger partial charge >= 0.3 is 0 Å². The summed E-state index contributed by atoms with van der Waals surface area (Å²) in [5.74, 6) is 0.468. The number of hydrogen-bond donors (Lipinski definition) is 1. The van der Waals surface area contributed by atoms with E-state index in [0.29, 0.717) is 17.3 Å². The van der Waals surface area contributed by atoms with E-state index < -0.39 is 5.82 Å². The first-order valence-electron chi connectivity index (χ1n) is 6.01. The van der Waals surface area contributed by atoms with Crippen LogP contribution >= 0.6 is 0 Å². The maximum Gasteiger partial charge on any atom is 0.230 e. The summed E-state index contributed by atoms with van der Waals surface area (Å²) in [5, 5.41) is 0. The molecule has 0 aliphatic rings. The van der Waals surface area contributed by atoms with Crippen molar-refractivity contribution >= 4 is 11.9 Å². The van der Waals surface area contributed by atoms with Crippen LogP contribution in [0, 0.1) is 5.82 Å². The van der Waals surface area contributed by atoms with E-state index in [1.807, 2.05) is 18.7 Å². The number of nitrogens with two attached hydrogens (primary N) is 1. The summed E-state index contributed by atoms with van der Waals surface area (Å²) in [6.45, 7) is 5.49. The lowest BCUT2D eigenvalue weighted by Gasteiger charge is -2.18. The van der Waals surface area contributed by atoms with Crippen molar-refractivity contribution < 1.29 is 4.39 Å². The van der Waals surface area contributed by atoms with Crippen molar-refractivity contribution in [3.05, 3.63) is 24.3 Å². The third kappa shape index (κ3) is 2.93. The van der Waals surface area contributed by atoms with E-state index in [-0.39, 0.29) is 5.95 Å². The number of aromatic nitrogens is 4. The van der Waals surface area contributed by atoms with Gasteiger partial charge in [0.15, 0.2) is 5.82 Å². The molecule has 0 bridgehead atoms. The van der Waals surface area contributed by atoms with Gasteiger partial charge in [-0.1, -0.05) is 0 Å². The molecule has 0 aliphatic carbocycles. The van der Waals surface area contributed by atoms with Gasteiger partial charge < -0.3 is 10.6 Å². The lowest BCUT2D eigenvalue weighted by atomic mass is 10.2. The zero-order valence-electron chi connectivity index (χ0n) is 10.8. The van der Waals surface area contributed by atoms with Crippen molar-refractivity contribution in [2.45, 2.75) is 13.8 Å². The molecular formula is C12H15FN6. The highest BCUT2D eigenvalue weighted by molar-refractivity contribution is 5.56. The van der Waals surface area contributed by atoms with Crippen LogP contribution in [-0.4, -0.2) is 33.0 Å². The second-order valence-electron chi connectivity index (χ2n) is 3.88. The summed E-state index contributed by atoms with van der Waals surface area (Å²) in [7, 11) is 0. The summed E-state index contributed by atoms with van der Waals surface area (Å²) in [4.78, 5) is 18.1. The molecule has 19 heavy (non-hydrogen) atoms. The van der Waals surface area contributed by atoms with Gasteiger partial charge in [0.2, 0.25) is 11.9 Å². The molecule has 100 valence electrons. The van der Waals surface area contributed by atoms with Gasteiger partial charge in [0, 0.05) is 24.8 Å². The van der Waals surface area contributed by atoms with E-state index in [9.17, 15) is 4.39 Å². The molecular weight excluding hydrogens is 247 g/mol. The Morgan fingerprint density at radius 3 is 2.53 bits per heavy atom. The first-order chi connectivity index (χ1) is 9.13. The minimum Gasteiger partial charge on any atom is -0.368 e. The largest absolute Gasteiger partial charge is 0.368 e. The molecule has 0 aromatic carbocycles. The molecule has 0 unspecified atom stereocenters. The Morgan fingerprint density at radius 1 is 1.16 bits per heavy atom. The van der Waals surface area contributed by atoms with Crippen molar-refractivity contribution in [2.24, 2.45) is 0 Å². The molecule has 0 saturated carbocycles. The van der Waals surface area contributed by atoms with Gasteiger partial charge in [0.05, 0.1) is 6.20 Å². The van der Waals surface area contributed by atoms with Crippen LogP contribution in [-0.2, 0) is 0 Å². The highest BCUT2D eigenvalue weighted by Gasteiger charge is 2.11. The van der Waals surface area contributed by atoms with E-state index in [4.69, 9.17) is 5.73 Å².